The molecular weight excluding hydrogens is 515 g/mol. The zero-order valence-electron chi connectivity index (χ0n) is 20.7. The molecule has 182 valence electrons. The maximum atomic E-state index is 13.2. The van der Waals surface area contributed by atoms with Crippen LogP contribution in [0.1, 0.15) is 26.4 Å². The summed E-state index contributed by atoms with van der Waals surface area (Å²) in [6, 6.07) is 13.1. The van der Waals surface area contributed by atoms with Gasteiger partial charge in [0.2, 0.25) is 0 Å². The number of rotatable bonds is 7. The van der Waals surface area contributed by atoms with Gasteiger partial charge in [0.05, 0.1) is 0 Å². The Hall–Kier alpha value is -3.54. The number of aryl methyl sites for hydroxylation is 2. The number of benzene rings is 2. The Morgan fingerprint density at radius 2 is 1.86 bits per heavy atom. The Morgan fingerprint density at radius 1 is 1.03 bits per heavy atom. The Kier molecular flexibility index (Phi) is 6.61. The first-order chi connectivity index (χ1) is 17.3. The van der Waals surface area contributed by atoms with Crippen molar-refractivity contribution in [1.82, 2.24) is 19.4 Å². The van der Waals surface area contributed by atoms with Gasteiger partial charge in [-0.25, -0.2) is 0 Å². The summed E-state index contributed by atoms with van der Waals surface area (Å²) in [5.41, 5.74) is 4.16. The number of aromatic nitrogens is 3. The summed E-state index contributed by atoms with van der Waals surface area (Å²) in [6.45, 7) is 2.99. The number of ether oxygens (including phenoxy) is 1. The summed E-state index contributed by atoms with van der Waals surface area (Å²) in [6.07, 6.45) is 4.84. The van der Waals surface area contributed by atoms with Gasteiger partial charge < -0.3 is 0 Å². The molecular formula is C28H27AsN4O3. The zero-order chi connectivity index (χ0) is 25.4. The third-order valence-corrected chi connectivity index (χ3v) is 8.58. The van der Waals surface area contributed by atoms with Crippen molar-refractivity contribution in [3.63, 3.8) is 0 Å². The molecule has 8 heteroatoms. The van der Waals surface area contributed by atoms with E-state index in [1.807, 2.05) is 39.3 Å². The normalized spacial score (nSPS) is 11.9. The monoisotopic (exact) mass is 542 g/mol. The van der Waals surface area contributed by atoms with Crippen molar-refractivity contribution >= 4 is 58.9 Å². The minimum atomic E-state index is -0.809. The van der Waals surface area contributed by atoms with Crippen LogP contribution in [-0.4, -0.2) is 66.4 Å². The van der Waals surface area contributed by atoms with E-state index in [2.05, 4.69) is 32.4 Å². The molecule has 0 fully saturated rings. The summed E-state index contributed by atoms with van der Waals surface area (Å²) in [5, 5.41) is 4.79. The number of nitrogens with zero attached hydrogens (tertiary/aromatic N) is 4. The van der Waals surface area contributed by atoms with Crippen LogP contribution in [0.5, 0.6) is 5.75 Å². The Labute approximate surface area is 215 Å². The van der Waals surface area contributed by atoms with E-state index in [1.54, 1.807) is 30.6 Å². The van der Waals surface area contributed by atoms with Crippen LogP contribution in [0.15, 0.2) is 61.1 Å². The molecule has 0 radical (unpaired) electrons. The summed E-state index contributed by atoms with van der Waals surface area (Å²) >= 11 is -0.809. The van der Waals surface area contributed by atoms with Crippen LogP contribution < -0.4 is 4.74 Å². The predicted octanol–water partition coefficient (Wildman–Crippen LogP) is 4.36. The van der Waals surface area contributed by atoms with Crippen molar-refractivity contribution in [1.29, 1.82) is 0 Å². The number of hydrogen-bond donors (Lipinski definition) is 0. The van der Waals surface area contributed by atoms with Crippen LogP contribution in [-0.2, 0) is 7.05 Å². The van der Waals surface area contributed by atoms with Gasteiger partial charge in [0.15, 0.2) is 0 Å². The van der Waals surface area contributed by atoms with E-state index in [0.29, 0.717) is 17.0 Å². The second-order valence-electron chi connectivity index (χ2n) is 9.08. The molecule has 3 aromatic heterocycles. The fraction of sp³-hybridized carbons (Fsp3) is 0.214. The van der Waals surface area contributed by atoms with Gasteiger partial charge in [-0.2, -0.15) is 0 Å². The predicted molar refractivity (Wildman–Crippen MR) is 144 cm³/mol. The van der Waals surface area contributed by atoms with Gasteiger partial charge in [0, 0.05) is 6.20 Å². The number of carbonyl (C=O) groups excluding carboxylic acids is 2. The van der Waals surface area contributed by atoms with Crippen LogP contribution >= 0.6 is 0 Å². The molecule has 36 heavy (non-hydrogen) atoms. The number of hydrogen-bond acceptors (Lipinski definition) is 6. The molecule has 0 bridgehead atoms. The standard InChI is InChI=1S/C28H27AsN4O3/c1-17-20-9-12-31-25(27(34)29-10-13-32(2)3)22(20)15-23-21-14-19(7-8-24(21)33(4)26(17)23)36-28(35)18-6-5-11-30-16-18/h5-9,11-12,14-16,29H,10,13H2,1-4H3. The van der Waals surface area contributed by atoms with E-state index in [0.717, 1.165) is 49.9 Å². The molecule has 5 aromatic rings. The van der Waals surface area contributed by atoms with Crippen molar-refractivity contribution < 1.29 is 14.3 Å². The van der Waals surface area contributed by atoms with Gasteiger partial charge >= 0.3 is 199 Å². The first-order valence-corrected chi connectivity index (χ1v) is 14.2. The SMILES string of the molecule is Cc1c2ccnc(C(=O)[AsH]CCN(C)C)c2cc2c3cc(OC(=O)c4cccnc4)ccc3n(C)c12. The fourth-order valence-electron chi connectivity index (χ4n) is 4.64. The number of fused-ring (bicyclic) bond motifs is 4. The molecule has 1 unspecified atom stereocenters. The van der Waals surface area contributed by atoms with Gasteiger partial charge in [-0.15, -0.1) is 0 Å². The molecule has 0 N–H and O–H groups in total. The molecule has 0 aliphatic heterocycles. The second-order valence-corrected chi connectivity index (χ2v) is 11.8. The molecule has 3 heterocycles. The van der Waals surface area contributed by atoms with Gasteiger partial charge in [-0.1, -0.05) is 0 Å². The minimum absolute atomic E-state index is 0.174. The second kappa shape index (κ2) is 9.84. The van der Waals surface area contributed by atoms with Crippen LogP contribution in [0.3, 0.4) is 0 Å². The molecule has 2 aromatic carbocycles. The first kappa shape index (κ1) is 24.2. The number of carbonyl (C=O) groups is 2. The molecule has 7 nitrogen and oxygen atoms in total. The van der Waals surface area contributed by atoms with Crippen molar-refractivity contribution in [3.05, 3.63) is 77.9 Å². The van der Waals surface area contributed by atoms with E-state index in [-0.39, 0.29) is 4.57 Å². The first-order valence-electron chi connectivity index (χ1n) is 11.7. The Morgan fingerprint density at radius 3 is 2.61 bits per heavy atom. The van der Waals surface area contributed by atoms with E-state index < -0.39 is 21.7 Å². The number of esters is 1. The topological polar surface area (TPSA) is 77.3 Å². The molecule has 0 aliphatic rings. The van der Waals surface area contributed by atoms with E-state index in [4.69, 9.17) is 4.74 Å². The van der Waals surface area contributed by atoms with Crippen molar-refractivity contribution in [2.24, 2.45) is 7.05 Å². The van der Waals surface area contributed by atoms with Gasteiger partial charge in [0.1, 0.15) is 0 Å². The van der Waals surface area contributed by atoms with Crippen LogP contribution in [0.2, 0.25) is 5.21 Å². The van der Waals surface area contributed by atoms with Crippen LogP contribution in [0.4, 0.5) is 0 Å². The van der Waals surface area contributed by atoms with E-state index in [1.165, 1.54) is 6.20 Å². The van der Waals surface area contributed by atoms with Crippen LogP contribution in [0.25, 0.3) is 32.6 Å². The van der Waals surface area contributed by atoms with Crippen molar-refractivity contribution in [3.8, 4) is 5.75 Å². The molecule has 0 saturated heterocycles. The average Bonchev–Trinajstić information content (AvgIpc) is 3.15. The van der Waals surface area contributed by atoms with Gasteiger partial charge in [-0.3, -0.25) is 4.98 Å². The molecule has 5 rings (SSSR count). The van der Waals surface area contributed by atoms with Gasteiger partial charge in [-0.05, 0) is 6.07 Å². The quantitative estimate of drug-likeness (QED) is 0.173. The van der Waals surface area contributed by atoms with Crippen LogP contribution in [0, 0.1) is 6.92 Å². The third kappa shape index (κ3) is 4.41. The third-order valence-electron chi connectivity index (χ3n) is 6.42. The van der Waals surface area contributed by atoms with Gasteiger partial charge in [0.25, 0.3) is 0 Å². The molecule has 0 saturated carbocycles. The Bertz CT molecular complexity index is 1630. The zero-order valence-corrected chi connectivity index (χ0v) is 22.8. The van der Waals surface area contributed by atoms with E-state index >= 15 is 0 Å². The summed E-state index contributed by atoms with van der Waals surface area (Å²) < 4.78 is 7.98. The van der Waals surface area contributed by atoms with Crippen molar-refractivity contribution in [2.75, 3.05) is 20.6 Å². The average molecular weight is 542 g/mol. The molecule has 0 amide bonds. The fourth-order valence-corrected chi connectivity index (χ4v) is 7.06. The molecule has 1 atom stereocenters. The molecule has 0 spiro atoms. The Balaban J connectivity index is 1.61. The van der Waals surface area contributed by atoms with Crippen molar-refractivity contribution in [2.45, 2.75) is 12.1 Å². The maximum absolute atomic E-state index is 13.2. The number of pyridine rings is 2. The summed E-state index contributed by atoms with van der Waals surface area (Å²) in [5.74, 6) is 0.00280. The molecule has 0 aliphatic carbocycles. The van der Waals surface area contributed by atoms with E-state index in [9.17, 15) is 9.59 Å². The summed E-state index contributed by atoms with van der Waals surface area (Å²) in [4.78, 5) is 36.4. The summed E-state index contributed by atoms with van der Waals surface area (Å²) in [7, 11) is 6.08.